The Kier molecular flexibility index (Phi) is 4.87. The van der Waals surface area contributed by atoms with Crippen molar-refractivity contribution in [3.63, 3.8) is 0 Å². The van der Waals surface area contributed by atoms with Crippen LogP contribution in [0.15, 0.2) is 41.8 Å². The topological polar surface area (TPSA) is 72.1 Å². The first-order valence-electron chi connectivity index (χ1n) is 8.85. The van der Waals surface area contributed by atoms with E-state index in [-0.39, 0.29) is 5.91 Å². The summed E-state index contributed by atoms with van der Waals surface area (Å²) in [7, 11) is 1.81. The molecule has 0 unspecified atom stereocenters. The van der Waals surface area contributed by atoms with E-state index in [0.29, 0.717) is 23.8 Å². The Morgan fingerprint density at radius 1 is 1.14 bits per heavy atom. The highest BCUT2D eigenvalue weighted by Crippen LogP contribution is 2.33. The zero-order valence-corrected chi connectivity index (χ0v) is 17.5. The van der Waals surface area contributed by atoms with Crippen LogP contribution >= 0.6 is 22.7 Å². The minimum atomic E-state index is -0.0136. The van der Waals surface area contributed by atoms with Gasteiger partial charge in [-0.15, -0.1) is 22.7 Å². The summed E-state index contributed by atoms with van der Waals surface area (Å²) in [6.07, 6.45) is 0. The van der Waals surface area contributed by atoms with Gasteiger partial charge in [0.25, 0.3) is 5.91 Å². The lowest BCUT2D eigenvalue weighted by molar-refractivity contribution is 0.0786. The highest BCUT2D eigenvalue weighted by atomic mass is 32.1. The number of thiophene rings is 2. The molecule has 0 aliphatic carbocycles. The molecule has 3 aromatic heterocycles. The van der Waals surface area contributed by atoms with Gasteiger partial charge in [-0.1, -0.05) is 18.2 Å². The normalized spacial score (nSPS) is 11.1. The number of nitrogens with two attached hydrogens (primary N) is 1. The molecule has 0 fully saturated rings. The Hall–Kier alpha value is -2.77. The van der Waals surface area contributed by atoms with Crippen LogP contribution in [-0.4, -0.2) is 27.8 Å². The van der Waals surface area contributed by atoms with E-state index < -0.39 is 0 Å². The minimum absolute atomic E-state index is 0.0136. The molecule has 7 heteroatoms. The van der Waals surface area contributed by atoms with Crippen LogP contribution < -0.4 is 5.73 Å². The summed E-state index contributed by atoms with van der Waals surface area (Å²) in [4.78, 5) is 26.8. The highest BCUT2D eigenvalue weighted by Gasteiger charge is 2.15. The number of carbonyl (C=O) groups is 1. The quantitative estimate of drug-likeness (QED) is 0.522. The Bertz CT molecular complexity index is 1150. The molecule has 2 N–H and O–H groups in total. The first kappa shape index (κ1) is 18.6. The van der Waals surface area contributed by atoms with Crippen molar-refractivity contribution in [3.8, 4) is 11.4 Å². The molecule has 5 nitrogen and oxygen atoms in total. The predicted octanol–water partition coefficient (Wildman–Crippen LogP) is 4.89. The maximum Gasteiger partial charge on any atom is 0.253 e. The van der Waals surface area contributed by atoms with Crippen molar-refractivity contribution in [1.82, 2.24) is 14.9 Å². The van der Waals surface area contributed by atoms with Gasteiger partial charge >= 0.3 is 0 Å². The Labute approximate surface area is 171 Å². The van der Waals surface area contributed by atoms with Crippen molar-refractivity contribution < 1.29 is 4.79 Å². The number of fused-ring (bicyclic) bond motifs is 1. The van der Waals surface area contributed by atoms with Crippen LogP contribution in [0.25, 0.3) is 21.6 Å². The van der Waals surface area contributed by atoms with Crippen LogP contribution in [0.2, 0.25) is 0 Å². The van der Waals surface area contributed by atoms with E-state index in [1.165, 1.54) is 4.88 Å². The fraction of sp³-hybridized carbons (Fsp3) is 0.190. The van der Waals surface area contributed by atoms with E-state index >= 15 is 0 Å². The number of aromatic nitrogens is 2. The second-order valence-corrected chi connectivity index (χ2v) is 8.95. The largest absolute Gasteiger partial charge is 0.383 e. The summed E-state index contributed by atoms with van der Waals surface area (Å²) in [5.41, 5.74) is 8.81. The molecule has 0 radical (unpaired) electrons. The van der Waals surface area contributed by atoms with Gasteiger partial charge in [-0.2, -0.15) is 0 Å². The molecule has 0 aliphatic heterocycles. The SMILES string of the molecule is Cc1sc2nc(-c3ccc(C(=O)N(C)Cc4cccs4)cc3)nc(N)c2c1C. The first-order valence-corrected chi connectivity index (χ1v) is 10.5. The Balaban J connectivity index is 1.59. The molecule has 1 amide bonds. The first-order chi connectivity index (χ1) is 13.4. The molecular formula is C21H20N4OS2. The molecule has 1 aromatic carbocycles. The van der Waals surface area contributed by atoms with E-state index in [2.05, 4.69) is 16.9 Å². The van der Waals surface area contributed by atoms with Crippen molar-refractivity contribution in [2.45, 2.75) is 20.4 Å². The number of aryl methyl sites for hydroxylation is 2. The minimum Gasteiger partial charge on any atom is -0.383 e. The van der Waals surface area contributed by atoms with Crippen molar-refractivity contribution in [1.29, 1.82) is 0 Å². The summed E-state index contributed by atoms with van der Waals surface area (Å²) in [6.45, 7) is 4.71. The third-order valence-corrected chi connectivity index (χ3v) is 6.73. The third-order valence-electron chi connectivity index (χ3n) is 4.77. The molecule has 3 heterocycles. The van der Waals surface area contributed by atoms with Crippen molar-refractivity contribution >= 4 is 44.6 Å². The monoisotopic (exact) mass is 408 g/mol. The second kappa shape index (κ2) is 7.33. The van der Waals surface area contributed by atoms with Crippen LogP contribution in [0.4, 0.5) is 5.82 Å². The zero-order chi connectivity index (χ0) is 19.8. The number of nitrogens with zero attached hydrogens (tertiary/aromatic N) is 3. The smallest absolute Gasteiger partial charge is 0.253 e. The van der Waals surface area contributed by atoms with Gasteiger partial charge in [-0.3, -0.25) is 4.79 Å². The van der Waals surface area contributed by atoms with Crippen LogP contribution in [0.3, 0.4) is 0 Å². The highest BCUT2D eigenvalue weighted by molar-refractivity contribution is 7.18. The molecule has 0 spiro atoms. The predicted molar refractivity (Wildman–Crippen MR) is 117 cm³/mol. The molecule has 0 bridgehead atoms. The molecule has 0 aliphatic rings. The van der Waals surface area contributed by atoms with Crippen LogP contribution in [0.1, 0.15) is 25.7 Å². The Morgan fingerprint density at radius 2 is 1.89 bits per heavy atom. The molecule has 0 saturated heterocycles. The van der Waals surface area contributed by atoms with Gasteiger partial charge in [0.1, 0.15) is 10.6 Å². The number of benzene rings is 1. The lowest BCUT2D eigenvalue weighted by atomic mass is 10.1. The molecule has 4 aromatic rings. The number of anilines is 1. The van der Waals surface area contributed by atoms with Gasteiger partial charge in [-0.25, -0.2) is 9.97 Å². The molecule has 0 saturated carbocycles. The van der Waals surface area contributed by atoms with Gasteiger partial charge < -0.3 is 10.6 Å². The summed E-state index contributed by atoms with van der Waals surface area (Å²) < 4.78 is 0. The number of hydrogen-bond acceptors (Lipinski definition) is 6. The van der Waals surface area contributed by atoms with Gasteiger partial charge in [0.2, 0.25) is 0 Å². The van der Waals surface area contributed by atoms with E-state index in [1.54, 1.807) is 27.6 Å². The maximum atomic E-state index is 12.7. The van der Waals surface area contributed by atoms with Crippen molar-refractivity contribution in [2.75, 3.05) is 12.8 Å². The van der Waals surface area contributed by atoms with E-state index in [0.717, 1.165) is 26.2 Å². The fourth-order valence-electron chi connectivity index (χ4n) is 3.10. The van der Waals surface area contributed by atoms with E-state index in [4.69, 9.17) is 5.73 Å². The fourth-order valence-corrected chi connectivity index (χ4v) is 4.89. The summed E-state index contributed by atoms with van der Waals surface area (Å²) in [5, 5.41) is 2.95. The number of carbonyl (C=O) groups excluding carboxylic acids is 1. The summed E-state index contributed by atoms with van der Waals surface area (Å²) >= 11 is 3.27. The average Bonchev–Trinajstić information content (AvgIpc) is 3.29. The van der Waals surface area contributed by atoms with Gasteiger partial charge in [0, 0.05) is 27.9 Å². The summed E-state index contributed by atoms with van der Waals surface area (Å²) in [5.74, 6) is 1.07. The molecule has 142 valence electrons. The van der Waals surface area contributed by atoms with Crippen molar-refractivity contribution in [2.24, 2.45) is 0 Å². The van der Waals surface area contributed by atoms with Crippen LogP contribution in [0, 0.1) is 13.8 Å². The average molecular weight is 409 g/mol. The molecular weight excluding hydrogens is 388 g/mol. The zero-order valence-electron chi connectivity index (χ0n) is 15.9. The number of nitrogen functional groups attached to an aromatic ring is 1. The third kappa shape index (κ3) is 3.39. The van der Waals surface area contributed by atoms with E-state index in [1.807, 2.05) is 55.7 Å². The lowest BCUT2D eigenvalue weighted by Crippen LogP contribution is -2.25. The number of rotatable bonds is 4. The molecule has 4 rings (SSSR count). The number of hydrogen-bond donors (Lipinski definition) is 1. The standard InChI is InChI=1S/C21H20N4OS2/c1-12-13(2)28-20-17(12)18(22)23-19(24-20)14-6-8-15(9-7-14)21(26)25(3)11-16-5-4-10-27-16/h4-10H,11H2,1-3H3,(H2,22,23,24). The summed E-state index contributed by atoms with van der Waals surface area (Å²) in [6, 6.07) is 11.4. The van der Waals surface area contributed by atoms with Gasteiger partial charge in [0.15, 0.2) is 5.82 Å². The van der Waals surface area contributed by atoms with Crippen LogP contribution in [0.5, 0.6) is 0 Å². The van der Waals surface area contributed by atoms with Crippen LogP contribution in [-0.2, 0) is 6.54 Å². The van der Waals surface area contributed by atoms with Gasteiger partial charge in [0.05, 0.1) is 11.9 Å². The van der Waals surface area contributed by atoms with Gasteiger partial charge in [-0.05, 0) is 43.0 Å². The maximum absolute atomic E-state index is 12.7. The Morgan fingerprint density at radius 3 is 2.57 bits per heavy atom. The molecule has 28 heavy (non-hydrogen) atoms. The number of amides is 1. The molecule has 0 atom stereocenters. The lowest BCUT2D eigenvalue weighted by Gasteiger charge is -2.16. The second-order valence-electron chi connectivity index (χ2n) is 6.71. The van der Waals surface area contributed by atoms with E-state index in [9.17, 15) is 4.79 Å². The van der Waals surface area contributed by atoms with Crippen molar-refractivity contribution in [3.05, 3.63) is 62.7 Å².